The molecule has 0 bridgehead atoms. The van der Waals surface area contributed by atoms with Gasteiger partial charge in [0.15, 0.2) is 0 Å². The van der Waals surface area contributed by atoms with E-state index in [4.69, 9.17) is 4.74 Å². The van der Waals surface area contributed by atoms with Crippen molar-refractivity contribution in [1.82, 2.24) is 9.80 Å². The number of benzene rings is 1. The summed E-state index contributed by atoms with van der Waals surface area (Å²) < 4.78 is 5.22. The van der Waals surface area contributed by atoms with Crippen LogP contribution in [0.25, 0.3) is 0 Å². The summed E-state index contributed by atoms with van der Waals surface area (Å²) in [5.74, 6) is 3.41. The Bertz CT molecular complexity index is 517. The molecule has 5 heteroatoms. The third-order valence-electron chi connectivity index (χ3n) is 4.56. The van der Waals surface area contributed by atoms with E-state index in [1.54, 1.807) is 7.11 Å². The van der Waals surface area contributed by atoms with E-state index in [0.29, 0.717) is 0 Å². The molecule has 1 aromatic rings. The van der Waals surface area contributed by atoms with Gasteiger partial charge in [-0.2, -0.15) is 11.8 Å². The molecule has 1 atom stereocenters. The first kappa shape index (κ1) is 15.7. The molecule has 1 amide bonds. The lowest BCUT2D eigenvalue weighted by Crippen LogP contribution is -2.39. The first-order chi connectivity index (χ1) is 10.8. The van der Waals surface area contributed by atoms with Gasteiger partial charge in [-0.15, -0.1) is 0 Å². The molecular weight excluding hydrogens is 296 g/mol. The second-order valence-electron chi connectivity index (χ2n) is 5.93. The third-order valence-corrected chi connectivity index (χ3v) is 5.70. The van der Waals surface area contributed by atoms with Crippen molar-refractivity contribution in [2.45, 2.75) is 18.9 Å². The van der Waals surface area contributed by atoms with Crippen LogP contribution in [0.3, 0.4) is 0 Å². The molecule has 0 radical (unpaired) electrons. The molecule has 0 spiro atoms. The number of methoxy groups -OCH3 is 1. The van der Waals surface area contributed by atoms with Crippen LogP contribution in [-0.4, -0.2) is 66.5 Å². The van der Waals surface area contributed by atoms with Crippen molar-refractivity contribution in [3.05, 3.63) is 29.8 Å². The highest BCUT2D eigenvalue weighted by molar-refractivity contribution is 7.99. The fourth-order valence-corrected chi connectivity index (χ4v) is 4.51. The highest BCUT2D eigenvalue weighted by atomic mass is 32.2. The molecule has 2 fully saturated rings. The lowest BCUT2D eigenvalue weighted by atomic mass is 10.2. The Hall–Kier alpha value is -1.20. The van der Waals surface area contributed by atoms with Crippen LogP contribution in [-0.2, 0) is 0 Å². The monoisotopic (exact) mass is 320 g/mol. The SMILES string of the molecule is COc1cccc(C(=O)N2CCCN(C3CCSC3)CC2)c1. The summed E-state index contributed by atoms with van der Waals surface area (Å²) >= 11 is 2.05. The van der Waals surface area contributed by atoms with Crippen LogP contribution >= 0.6 is 11.8 Å². The van der Waals surface area contributed by atoms with Gasteiger partial charge in [0.25, 0.3) is 5.91 Å². The number of amides is 1. The molecule has 4 nitrogen and oxygen atoms in total. The van der Waals surface area contributed by atoms with Crippen LogP contribution in [0.4, 0.5) is 0 Å². The number of ether oxygens (including phenoxy) is 1. The van der Waals surface area contributed by atoms with E-state index in [1.165, 1.54) is 17.9 Å². The van der Waals surface area contributed by atoms with Gasteiger partial charge < -0.3 is 9.64 Å². The summed E-state index contributed by atoms with van der Waals surface area (Å²) in [6, 6.07) is 8.18. The molecule has 120 valence electrons. The molecule has 2 saturated heterocycles. The minimum atomic E-state index is 0.126. The Morgan fingerprint density at radius 2 is 2.18 bits per heavy atom. The van der Waals surface area contributed by atoms with Gasteiger partial charge in [0.05, 0.1) is 7.11 Å². The predicted octanol–water partition coefficient (Wildman–Crippen LogP) is 2.35. The molecule has 2 heterocycles. The van der Waals surface area contributed by atoms with E-state index < -0.39 is 0 Å². The Morgan fingerprint density at radius 1 is 1.27 bits per heavy atom. The molecule has 2 aliphatic rings. The predicted molar refractivity (Wildman–Crippen MR) is 90.8 cm³/mol. The zero-order chi connectivity index (χ0) is 15.4. The highest BCUT2D eigenvalue weighted by Crippen LogP contribution is 2.23. The maximum Gasteiger partial charge on any atom is 0.254 e. The summed E-state index contributed by atoms with van der Waals surface area (Å²) in [6.45, 7) is 3.80. The quantitative estimate of drug-likeness (QED) is 0.856. The van der Waals surface area contributed by atoms with E-state index >= 15 is 0 Å². The summed E-state index contributed by atoms with van der Waals surface area (Å²) in [4.78, 5) is 17.3. The number of carbonyl (C=O) groups is 1. The minimum Gasteiger partial charge on any atom is -0.497 e. The maximum atomic E-state index is 12.7. The molecular formula is C17H24N2O2S. The molecule has 0 aromatic heterocycles. The second-order valence-corrected chi connectivity index (χ2v) is 7.08. The lowest BCUT2D eigenvalue weighted by molar-refractivity contribution is 0.0758. The van der Waals surface area contributed by atoms with Gasteiger partial charge in [-0.25, -0.2) is 0 Å². The molecule has 3 rings (SSSR count). The van der Waals surface area contributed by atoms with E-state index in [9.17, 15) is 4.79 Å². The second kappa shape index (κ2) is 7.38. The minimum absolute atomic E-state index is 0.126. The zero-order valence-corrected chi connectivity index (χ0v) is 14.0. The van der Waals surface area contributed by atoms with Crippen molar-refractivity contribution in [1.29, 1.82) is 0 Å². The number of nitrogens with zero attached hydrogens (tertiary/aromatic N) is 2. The fourth-order valence-electron chi connectivity index (χ4n) is 3.25. The third kappa shape index (κ3) is 3.58. The van der Waals surface area contributed by atoms with Crippen molar-refractivity contribution in [3.8, 4) is 5.75 Å². The molecule has 22 heavy (non-hydrogen) atoms. The summed E-state index contributed by atoms with van der Waals surface area (Å²) in [7, 11) is 1.63. The van der Waals surface area contributed by atoms with Crippen molar-refractivity contribution in [2.75, 3.05) is 44.8 Å². The van der Waals surface area contributed by atoms with Crippen molar-refractivity contribution < 1.29 is 9.53 Å². The Labute approximate surface area is 136 Å². The van der Waals surface area contributed by atoms with Crippen LogP contribution in [0.15, 0.2) is 24.3 Å². The van der Waals surface area contributed by atoms with Gasteiger partial charge in [-0.3, -0.25) is 9.69 Å². The maximum absolute atomic E-state index is 12.7. The summed E-state index contributed by atoms with van der Waals surface area (Å²) in [5.41, 5.74) is 0.726. The number of carbonyl (C=O) groups excluding carboxylic acids is 1. The summed E-state index contributed by atoms with van der Waals surface area (Å²) in [6.07, 6.45) is 2.37. The molecule has 1 unspecified atom stereocenters. The van der Waals surface area contributed by atoms with Crippen LogP contribution in [0.1, 0.15) is 23.2 Å². The van der Waals surface area contributed by atoms with Crippen LogP contribution < -0.4 is 4.74 Å². The average molecular weight is 320 g/mol. The van der Waals surface area contributed by atoms with Crippen molar-refractivity contribution >= 4 is 17.7 Å². The topological polar surface area (TPSA) is 32.8 Å². The first-order valence-corrected chi connectivity index (χ1v) is 9.18. The number of rotatable bonds is 3. The standard InChI is InChI=1S/C17H24N2O2S/c1-21-16-5-2-4-14(12-16)17(20)19-8-3-7-18(9-10-19)15-6-11-22-13-15/h2,4-5,12,15H,3,6-11,13H2,1H3. The van der Waals surface area contributed by atoms with Crippen LogP contribution in [0.5, 0.6) is 5.75 Å². The normalized spacial score (nSPS) is 23.3. The van der Waals surface area contributed by atoms with Crippen molar-refractivity contribution in [3.63, 3.8) is 0 Å². The smallest absolute Gasteiger partial charge is 0.254 e. The van der Waals surface area contributed by atoms with E-state index in [0.717, 1.165) is 50.0 Å². The largest absolute Gasteiger partial charge is 0.497 e. The van der Waals surface area contributed by atoms with Gasteiger partial charge in [0.2, 0.25) is 0 Å². The Kier molecular flexibility index (Phi) is 5.26. The number of thioether (sulfide) groups is 1. The zero-order valence-electron chi connectivity index (χ0n) is 13.2. The summed E-state index contributed by atoms with van der Waals surface area (Å²) in [5, 5.41) is 0. The first-order valence-electron chi connectivity index (χ1n) is 8.03. The average Bonchev–Trinajstić information content (AvgIpc) is 2.99. The molecule has 0 aliphatic carbocycles. The highest BCUT2D eigenvalue weighted by Gasteiger charge is 2.26. The Morgan fingerprint density at radius 3 is 2.95 bits per heavy atom. The van der Waals surface area contributed by atoms with E-state index in [1.807, 2.05) is 29.2 Å². The molecule has 2 aliphatic heterocycles. The number of hydrogen-bond acceptors (Lipinski definition) is 4. The fraction of sp³-hybridized carbons (Fsp3) is 0.588. The molecule has 0 saturated carbocycles. The number of hydrogen-bond donors (Lipinski definition) is 0. The van der Waals surface area contributed by atoms with Gasteiger partial charge in [0.1, 0.15) is 5.75 Å². The van der Waals surface area contributed by atoms with E-state index in [2.05, 4.69) is 16.7 Å². The molecule has 1 aromatic carbocycles. The van der Waals surface area contributed by atoms with Gasteiger partial charge in [-0.1, -0.05) is 6.07 Å². The lowest BCUT2D eigenvalue weighted by Gasteiger charge is -2.26. The van der Waals surface area contributed by atoms with Gasteiger partial charge in [-0.05, 0) is 36.8 Å². The molecule has 0 N–H and O–H groups in total. The van der Waals surface area contributed by atoms with Crippen molar-refractivity contribution in [2.24, 2.45) is 0 Å². The van der Waals surface area contributed by atoms with Gasteiger partial charge in [0, 0.05) is 43.5 Å². The van der Waals surface area contributed by atoms with E-state index in [-0.39, 0.29) is 5.91 Å². The van der Waals surface area contributed by atoms with Crippen LogP contribution in [0.2, 0.25) is 0 Å². The van der Waals surface area contributed by atoms with Crippen LogP contribution in [0, 0.1) is 0 Å². The Balaban J connectivity index is 1.63. The van der Waals surface area contributed by atoms with Gasteiger partial charge >= 0.3 is 0 Å².